The van der Waals surface area contributed by atoms with Crippen molar-refractivity contribution in [2.75, 3.05) is 5.32 Å². The first-order valence-corrected chi connectivity index (χ1v) is 10.7. The monoisotopic (exact) mass is 397 g/mol. The van der Waals surface area contributed by atoms with E-state index in [1.54, 1.807) is 23.1 Å². The zero-order valence-corrected chi connectivity index (χ0v) is 16.4. The number of rotatable bonds is 5. The summed E-state index contributed by atoms with van der Waals surface area (Å²) in [7, 11) is 0. The Hall–Kier alpha value is -2.22. The minimum atomic E-state index is -0.136. The average Bonchev–Trinajstić information content (AvgIpc) is 3.30. The van der Waals surface area contributed by atoms with Gasteiger partial charge in [-0.05, 0) is 30.7 Å². The van der Waals surface area contributed by atoms with Crippen molar-refractivity contribution in [3.05, 3.63) is 70.2 Å². The second-order valence-corrected chi connectivity index (χ2v) is 8.43. The van der Waals surface area contributed by atoms with Crippen molar-refractivity contribution in [2.45, 2.75) is 17.6 Å². The van der Waals surface area contributed by atoms with Crippen LogP contribution in [-0.2, 0) is 5.75 Å². The van der Waals surface area contributed by atoms with Crippen LogP contribution in [0.15, 0.2) is 58.3 Å². The van der Waals surface area contributed by atoms with Gasteiger partial charge in [-0.1, -0.05) is 35.6 Å². The normalized spacial score (nSPS) is 11.0. The summed E-state index contributed by atoms with van der Waals surface area (Å²) in [4.78, 5) is 22.6. The molecule has 2 heterocycles. The molecule has 0 saturated heterocycles. The van der Waals surface area contributed by atoms with Crippen LogP contribution in [0.3, 0.4) is 0 Å². The maximum Gasteiger partial charge on any atom is 0.258 e. The van der Waals surface area contributed by atoms with Gasteiger partial charge in [0.05, 0.1) is 27.0 Å². The number of benzene rings is 2. The smallest absolute Gasteiger partial charge is 0.258 e. The fourth-order valence-electron chi connectivity index (χ4n) is 2.54. The van der Waals surface area contributed by atoms with Crippen LogP contribution in [0.5, 0.6) is 0 Å². The number of carbonyl (C=O) groups is 1. The largest absolute Gasteiger partial charge is 0.298 e. The third-order valence-electron chi connectivity index (χ3n) is 3.83. The quantitative estimate of drug-likeness (QED) is 0.445. The molecule has 1 amide bonds. The topological polar surface area (TPSA) is 54.9 Å². The molecule has 2 aromatic carbocycles. The molecule has 0 bridgehead atoms. The van der Waals surface area contributed by atoms with Gasteiger partial charge in [0.15, 0.2) is 5.13 Å². The summed E-state index contributed by atoms with van der Waals surface area (Å²) in [6.45, 7) is 2.03. The number of thiazole rings is 2. The molecule has 4 aromatic rings. The van der Waals surface area contributed by atoms with Crippen molar-refractivity contribution in [1.29, 1.82) is 0 Å². The van der Waals surface area contributed by atoms with Gasteiger partial charge < -0.3 is 0 Å². The standard InChI is InChI=1S/C19H15N3OS3/c1-12-5-4-8-16-17(12)21-19(26-16)22-18(23)14-6-2-3-7-15(14)25-10-13-9-24-11-20-13/h2-9,11H,10H2,1H3,(H,21,22,23). The maximum absolute atomic E-state index is 12.8. The highest BCUT2D eigenvalue weighted by Crippen LogP contribution is 2.30. The van der Waals surface area contributed by atoms with E-state index in [-0.39, 0.29) is 5.91 Å². The Bertz CT molecular complexity index is 1060. The van der Waals surface area contributed by atoms with Crippen molar-refractivity contribution in [2.24, 2.45) is 0 Å². The lowest BCUT2D eigenvalue weighted by Crippen LogP contribution is -2.12. The van der Waals surface area contributed by atoms with E-state index in [9.17, 15) is 4.79 Å². The highest BCUT2D eigenvalue weighted by atomic mass is 32.2. The predicted molar refractivity (Wildman–Crippen MR) is 110 cm³/mol. The third kappa shape index (κ3) is 3.65. The van der Waals surface area contributed by atoms with Gasteiger partial charge in [-0.15, -0.1) is 23.1 Å². The summed E-state index contributed by atoms with van der Waals surface area (Å²) in [6, 6.07) is 13.7. The summed E-state index contributed by atoms with van der Waals surface area (Å²) in [5.74, 6) is 0.608. The number of amides is 1. The van der Waals surface area contributed by atoms with E-state index >= 15 is 0 Å². The average molecular weight is 398 g/mol. The van der Waals surface area contributed by atoms with Crippen LogP contribution >= 0.6 is 34.4 Å². The van der Waals surface area contributed by atoms with Crippen LogP contribution in [0.25, 0.3) is 10.2 Å². The van der Waals surface area contributed by atoms with E-state index in [1.165, 1.54) is 11.3 Å². The highest BCUT2D eigenvalue weighted by Gasteiger charge is 2.14. The Morgan fingerprint density at radius 2 is 2.08 bits per heavy atom. The Labute approximate surface area is 163 Å². The van der Waals surface area contributed by atoms with Gasteiger partial charge in [0, 0.05) is 16.0 Å². The van der Waals surface area contributed by atoms with E-state index in [1.807, 2.05) is 60.3 Å². The minimum Gasteiger partial charge on any atom is -0.298 e. The number of anilines is 1. The van der Waals surface area contributed by atoms with Crippen LogP contribution in [0.4, 0.5) is 5.13 Å². The molecule has 0 unspecified atom stereocenters. The summed E-state index contributed by atoms with van der Waals surface area (Å²) >= 11 is 4.69. The second-order valence-electron chi connectivity index (χ2n) is 5.66. The van der Waals surface area contributed by atoms with Crippen LogP contribution in [0.1, 0.15) is 21.6 Å². The van der Waals surface area contributed by atoms with Gasteiger partial charge in [0.25, 0.3) is 5.91 Å². The van der Waals surface area contributed by atoms with E-state index in [2.05, 4.69) is 15.3 Å². The summed E-state index contributed by atoms with van der Waals surface area (Å²) < 4.78 is 1.08. The molecule has 2 aromatic heterocycles. The highest BCUT2D eigenvalue weighted by molar-refractivity contribution is 7.98. The molecule has 0 fully saturated rings. The number of thioether (sulfide) groups is 1. The molecule has 0 spiro atoms. The molecule has 0 aliphatic rings. The molecule has 0 aliphatic carbocycles. The molecule has 0 saturated carbocycles. The lowest BCUT2D eigenvalue weighted by molar-refractivity contribution is 0.102. The van der Waals surface area contributed by atoms with Crippen LogP contribution in [0, 0.1) is 6.92 Å². The fraction of sp³-hybridized carbons (Fsp3) is 0.105. The number of hydrogen-bond donors (Lipinski definition) is 1. The van der Waals surface area contributed by atoms with Crippen LogP contribution in [0.2, 0.25) is 0 Å². The van der Waals surface area contributed by atoms with Gasteiger partial charge >= 0.3 is 0 Å². The SMILES string of the molecule is Cc1cccc2sc(NC(=O)c3ccccc3SCc3cscn3)nc12. The Balaban J connectivity index is 1.54. The minimum absolute atomic E-state index is 0.136. The number of hydrogen-bond acceptors (Lipinski definition) is 6. The number of aryl methyl sites for hydroxylation is 1. The molecule has 0 atom stereocenters. The number of fused-ring (bicyclic) bond motifs is 1. The maximum atomic E-state index is 12.8. The summed E-state index contributed by atoms with van der Waals surface area (Å²) in [5, 5.41) is 5.60. The molecule has 130 valence electrons. The third-order valence-corrected chi connectivity index (χ3v) is 6.51. The fourth-order valence-corrected chi connectivity index (χ4v) is 5.10. The lowest BCUT2D eigenvalue weighted by Gasteiger charge is -2.07. The van der Waals surface area contributed by atoms with Gasteiger partial charge in [-0.25, -0.2) is 9.97 Å². The van der Waals surface area contributed by atoms with Crippen molar-refractivity contribution in [3.8, 4) is 0 Å². The molecule has 4 nitrogen and oxygen atoms in total. The number of aromatic nitrogens is 2. The van der Waals surface area contributed by atoms with E-state index in [0.717, 1.165) is 32.1 Å². The molecular formula is C19H15N3OS3. The van der Waals surface area contributed by atoms with Crippen LogP contribution in [-0.4, -0.2) is 15.9 Å². The number of nitrogens with zero attached hydrogens (tertiary/aromatic N) is 2. The number of nitrogens with one attached hydrogen (secondary N) is 1. The zero-order valence-electron chi connectivity index (χ0n) is 13.9. The lowest BCUT2D eigenvalue weighted by atomic mass is 10.2. The van der Waals surface area contributed by atoms with Crippen molar-refractivity contribution in [1.82, 2.24) is 9.97 Å². The molecule has 7 heteroatoms. The van der Waals surface area contributed by atoms with Crippen molar-refractivity contribution >= 4 is 55.7 Å². The molecule has 26 heavy (non-hydrogen) atoms. The molecule has 0 radical (unpaired) electrons. The predicted octanol–water partition coefficient (Wildman–Crippen LogP) is 5.61. The van der Waals surface area contributed by atoms with Gasteiger partial charge in [-0.3, -0.25) is 10.1 Å². The van der Waals surface area contributed by atoms with Crippen molar-refractivity contribution < 1.29 is 4.79 Å². The number of carbonyl (C=O) groups excluding carboxylic acids is 1. The first-order chi connectivity index (χ1) is 12.7. The molecule has 0 aliphatic heterocycles. The van der Waals surface area contributed by atoms with Gasteiger partial charge in [0.1, 0.15) is 0 Å². The molecular weight excluding hydrogens is 382 g/mol. The van der Waals surface area contributed by atoms with Gasteiger partial charge in [-0.2, -0.15) is 0 Å². The molecule has 4 rings (SSSR count). The number of para-hydroxylation sites is 1. The van der Waals surface area contributed by atoms with Gasteiger partial charge in [0.2, 0.25) is 0 Å². The Kier molecular flexibility index (Phi) is 5.01. The first kappa shape index (κ1) is 17.2. The Morgan fingerprint density at radius 3 is 2.88 bits per heavy atom. The van der Waals surface area contributed by atoms with E-state index in [4.69, 9.17) is 0 Å². The van der Waals surface area contributed by atoms with E-state index < -0.39 is 0 Å². The Morgan fingerprint density at radius 1 is 1.19 bits per heavy atom. The molecule has 1 N–H and O–H groups in total. The zero-order chi connectivity index (χ0) is 17.9. The summed E-state index contributed by atoms with van der Waals surface area (Å²) in [6.07, 6.45) is 0. The second kappa shape index (κ2) is 7.57. The first-order valence-electron chi connectivity index (χ1n) is 7.97. The summed E-state index contributed by atoms with van der Waals surface area (Å²) in [5.41, 5.74) is 5.56. The van der Waals surface area contributed by atoms with Crippen LogP contribution < -0.4 is 5.32 Å². The van der Waals surface area contributed by atoms with Crippen molar-refractivity contribution in [3.63, 3.8) is 0 Å². The van der Waals surface area contributed by atoms with E-state index in [0.29, 0.717) is 10.7 Å².